The predicted octanol–water partition coefficient (Wildman–Crippen LogP) is 3.14. The average Bonchev–Trinajstić information content (AvgIpc) is 3.17. The standard InChI is InChI=1S/C19H20N2O3/c1-23-15-6-4-5-13(9-15)17-10-14(22)11-21(17)12-19-20-16-7-2-3-8-18(16)24-19/h2-9,14,17,22H,10-12H2,1H3/t14-,17-/m1/s1. The van der Waals surface area contributed by atoms with Crippen LogP contribution >= 0.6 is 0 Å². The first-order valence-electron chi connectivity index (χ1n) is 8.13. The van der Waals surface area contributed by atoms with Gasteiger partial charge in [-0.1, -0.05) is 24.3 Å². The molecule has 1 aromatic heterocycles. The van der Waals surface area contributed by atoms with E-state index in [1.54, 1.807) is 7.11 Å². The molecule has 4 rings (SSSR count). The molecule has 0 aliphatic carbocycles. The molecule has 2 atom stereocenters. The summed E-state index contributed by atoms with van der Waals surface area (Å²) in [4.78, 5) is 6.76. The minimum Gasteiger partial charge on any atom is -0.497 e. The van der Waals surface area contributed by atoms with Crippen molar-refractivity contribution in [3.63, 3.8) is 0 Å². The second-order valence-electron chi connectivity index (χ2n) is 6.19. The number of hydrogen-bond donors (Lipinski definition) is 1. The van der Waals surface area contributed by atoms with Gasteiger partial charge in [-0.15, -0.1) is 0 Å². The fourth-order valence-corrected chi connectivity index (χ4v) is 3.41. The van der Waals surface area contributed by atoms with Crippen LogP contribution in [-0.4, -0.2) is 34.7 Å². The van der Waals surface area contributed by atoms with E-state index in [0.29, 0.717) is 25.4 Å². The summed E-state index contributed by atoms with van der Waals surface area (Å²) in [5, 5.41) is 10.2. The number of rotatable bonds is 4. The van der Waals surface area contributed by atoms with Crippen molar-refractivity contribution in [3.8, 4) is 5.75 Å². The molecule has 0 saturated carbocycles. The monoisotopic (exact) mass is 324 g/mol. The SMILES string of the molecule is COc1cccc([C@H]2C[C@@H](O)CN2Cc2nc3ccccc3o2)c1. The summed E-state index contributed by atoms with van der Waals surface area (Å²) in [7, 11) is 1.67. The van der Waals surface area contributed by atoms with Crippen molar-refractivity contribution >= 4 is 11.1 Å². The Hall–Kier alpha value is -2.37. The average molecular weight is 324 g/mol. The van der Waals surface area contributed by atoms with E-state index in [9.17, 15) is 5.11 Å². The first kappa shape index (κ1) is 15.2. The van der Waals surface area contributed by atoms with Gasteiger partial charge in [0.25, 0.3) is 0 Å². The van der Waals surface area contributed by atoms with E-state index in [-0.39, 0.29) is 12.1 Å². The number of aromatic nitrogens is 1. The minimum atomic E-state index is -0.342. The summed E-state index contributed by atoms with van der Waals surface area (Å²) in [6.45, 7) is 1.19. The Morgan fingerprint density at radius 2 is 2.12 bits per heavy atom. The van der Waals surface area contributed by atoms with Crippen LogP contribution in [0.4, 0.5) is 0 Å². The number of hydrogen-bond acceptors (Lipinski definition) is 5. The second kappa shape index (κ2) is 6.26. The van der Waals surface area contributed by atoms with Gasteiger partial charge in [-0.05, 0) is 36.2 Å². The van der Waals surface area contributed by atoms with Crippen molar-refractivity contribution in [2.24, 2.45) is 0 Å². The molecule has 124 valence electrons. The zero-order valence-corrected chi connectivity index (χ0v) is 13.6. The molecule has 1 saturated heterocycles. The van der Waals surface area contributed by atoms with Gasteiger partial charge in [-0.2, -0.15) is 0 Å². The van der Waals surface area contributed by atoms with Gasteiger partial charge in [-0.3, -0.25) is 4.90 Å². The first-order valence-corrected chi connectivity index (χ1v) is 8.13. The van der Waals surface area contributed by atoms with Crippen LogP contribution in [0.2, 0.25) is 0 Å². The number of para-hydroxylation sites is 2. The molecule has 5 nitrogen and oxygen atoms in total. The second-order valence-corrected chi connectivity index (χ2v) is 6.19. The van der Waals surface area contributed by atoms with Crippen LogP contribution < -0.4 is 4.74 Å². The lowest BCUT2D eigenvalue weighted by Gasteiger charge is -2.23. The molecule has 3 aromatic rings. The Morgan fingerprint density at radius 1 is 1.25 bits per heavy atom. The van der Waals surface area contributed by atoms with Gasteiger partial charge in [0.05, 0.1) is 19.8 Å². The van der Waals surface area contributed by atoms with Crippen LogP contribution in [0.5, 0.6) is 5.75 Å². The molecule has 0 radical (unpaired) electrons. The van der Waals surface area contributed by atoms with Gasteiger partial charge in [0.1, 0.15) is 11.3 Å². The third-order valence-electron chi connectivity index (χ3n) is 4.54. The van der Waals surface area contributed by atoms with Crippen molar-refractivity contribution < 1.29 is 14.3 Å². The van der Waals surface area contributed by atoms with Gasteiger partial charge in [0.15, 0.2) is 5.58 Å². The summed E-state index contributed by atoms with van der Waals surface area (Å²) in [5.41, 5.74) is 2.80. The largest absolute Gasteiger partial charge is 0.497 e. The molecule has 0 amide bonds. The Bertz CT molecular complexity index is 812. The fraction of sp³-hybridized carbons (Fsp3) is 0.316. The predicted molar refractivity (Wildman–Crippen MR) is 90.8 cm³/mol. The van der Waals surface area contributed by atoms with Crippen LogP contribution in [0.15, 0.2) is 52.9 Å². The molecule has 24 heavy (non-hydrogen) atoms. The number of fused-ring (bicyclic) bond motifs is 1. The van der Waals surface area contributed by atoms with Gasteiger partial charge in [-0.25, -0.2) is 4.98 Å². The topological polar surface area (TPSA) is 58.7 Å². The molecule has 1 aliphatic rings. The zero-order valence-electron chi connectivity index (χ0n) is 13.6. The van der Waals surface area contributed by atoms with Gasteiger partial charge < -0.3 is 14.3 Å². The van der Waals surface area contributed by atoms with Crippen LogP contribution in [0.25, 0.3) is 11.1 Å². The van der Waals surface area contributed by atoms with E-state index in [1.807, 2.05) is 42.5 Å². The Balaban J connectivity index is 1.60. The van der Waals surface area contributed by atoms with Crippen LogP contribution in [0, 0.1) is 0 Å². The number of β-amino-alcohol motifs (C(OH)–C–C–N with tert-alkyl or cyclic N) is 1. The number of aliphatic hydroxyl groups excluding tert-OH is 1. The molecule has 2 heterocycles. The quantitative estimate of drug-likeness (QED) is 0.799. The Kier molecular flexibility index (Phi) is 3.96. The van der Waals surface area contributed by atoms with Crippen molar-refractivity contribution in [2.45, 2.75) is 25.1 Å². The smallest absolute Gasteiger partial charge is 0.209 e. The molecule has 2 aromatic carbocycles. The lowest BCUT2D eigenvalue weighted by molar-refractivity contribution is 0.167. The maximum absolute atomic E-state index is 10.2. The molecule has 5 heteroatoms. The van der Waals surface area contributed by atoms with E-state index in [2.05, 4.69) is 16.0 Å². The van der Waals surface area contributed by atoms with E-state index in [4.69, 9.17) is 9.15 Å². The molecule has 1 fully saturated rings. The fourth-order valence-electron chi connectivity index (χ4n) is 3.41. The number of methoxy groups -OCH3 is 1. The van der Waals surface area contributed by atoms with E-state index in [1.165, 1.54) is 0 Å². The van der Waals surface area contributed by atoms with Crippen LogP contribution in [-0.2, 0) is 6.54 Å². The summed E-state index contributed by atoms with van der Waals surface area (Å²) in [6.07, 6.45) is 0.360. The van der Waals surface area contributed by atoms with E-state index in [0.717, 1.165) is 22.4 Å². The van der Waals surface area contributed by atoms with Crippen molar-refractivity contribution in [1.82, 2.24) is 9.88 Å². The molecular formula is C19H20N2O3. The molecule has 0 bridgehead atoms. The molecule has 1 N–H and O–H groups in total. The van der Waals surface area contributed by atoms with E-state index < -0.39 is 0 Å². The van der Waals surface area contributed by atoms with Gasteiger partial charge >= 0.3 is 0 Å². The number of nitrogens with zero attached hydrogens (tertiary/aromatic N) is 2. The third kappa shape index (κ3) is 2.88. The highest BCUT2D eigenvalue weighted by Gasteiger charge is 2.33. The molecule has 0 unspecified atom stereocenters. The normalized spacial score (nSPS) is 21.4. The van der Waals surface area contributed by atoms with Crippen molar-refractivity contribution in [1.29, 1.82) is 0 Å². The molecule has 1 aliphatic heterocycles. The number of ether oxygens (including phenoxy) is 1. The van der Waals surface area contributed by atoms with E-state index >= 15 is 0 Å². The molecule has 0 spiro atoms. The number of aliphatic hydroxyl groups is 1. The van der Waals surface area contributed by atoms with Crippen molar-refractivity contribution in [3.05, 3.63) is 60.0 Å². The minimum absolute atomic E-state index is 0.130. The summed E-state index contributed by atoms with van der Waals surface area (Å²) < 4.78 is 11.2. The summed E-state index contributed by atoms with van der Waals surface area (Å²) >= 11 is 0. The van der Waals surface area contributed by atoms with Gasteiger partial charge in [0, 0.05) is 12.6 Å². The number of likely N-dealkylation sites (tertiary alicyclic amines) is 1. The Labute approximate surface area is 140 Å². The number of oxazole rings is 1. The third-order valence-corrected chi connectivity index (χ3v) is 4.54. The Morgan fingerprint density at radius 3 is 2.96 bits per heavy atom. The van der Waals surface area contributed by atoms with Gasteiger partial charge in [0.2, 0.25) is 5.89 Å². The first-order chi connectivity index (χ1) is 11.7. The van der Waals surface area contributed by atoms with Crippen LogP contribution in [0.1, 0.15) is 23.9 Å². The highest BCUT2D eigenvalue weighted by molar-refractivity contribution is 5.72. The maximum Gasteiger partial charge on any atom is 0.209 e. The summed E-state index contributed by atoms with van der Waals surface area (Å²) in [5.74, 6) is 1.51. The maximum atomic E-state index is 10.2. The number of benzene rings is 2. The summed E-state index contributed by atoms with van der Waals surface area (Å²) in [6, 6.07) is 15.9. The zero-order chi connectivity index (χ0) is 16.5. The van der Waals surface area contributed by atoms with Crippen LogP contribution in [0.3, 0.4) is 0 Å². The van der Waals surface area contributed by atoms with Crippen molar-refractivity contribution in [2.75, 3.05) is 13.7 Å². The highest BCUT2D eigenvalue weighted by Crippen LogP contribution is 2.35. The lowest BCUT2D eigenvalue weighted by Crippen LogP contribution is -2.24. The lowest BCUT2D eigenvalue weighted by atomic mass is 10.0. The highest BCUT2D eigenvalue weighted by atomic mass is 16.5. The molecular weight excluding hydrogens is 304 g/mol.